The number of benzene rings is 2. The van der Waals surface area contributed by atoms with Gasteiger partial charge in [-0.25, -0.2) is 0 Å². The molecule has 2 amide bonds. The van der Waals surface area contributed by atoms with Gasteiger partial charge in [0, 0.05) is 12.1 Å². The number of hydrogen-bond acceptors (Lipinski definition) is 5. The number of aromatic nitrogens is 4. The molecule has 8 heteroatoms. The van der Waals surface area contributed by atoms with E-state index in [0.717, 1.165) is 5.56 Å². The number of hydrogen-bond donors (Lipinski definition) is 2. The van der Waals surface area contributed by atoms with Gasteiger partial charge in [0.15, 0.2) is 0 Å². The van der Waals surface area contributed by atoms with E-state index in [0.29, 0.717) is 24.2 Å². The molecule has 0 aliphatic heterocycles. The van der Waals surface area contributed by atoms with Crippen molar-refractivity contribution in [2.24, 2.45) is 5.73 Å². The summed E-state index contributed by atoms with van der Waals surface area (Å²) in [7, 11) is 0. The number of nitrogens with one attached hydrogen (secondary N) is 1. The molecular weight excluding hydrogens is 320 g/mol. The minimum atomic E-state index is -0.742. The van der Waals surface area contributed by atoms with Crippen LogP contribution in [0.1, 0.15) is 22.6 Å². The SMILES string of the molecule is NC(=O)c1nnn(-c2ccc(NC(=O)CCc3ccccc3)cc2)n1. The van der Waals surface area contributed by atoms with Gasteiger partial charge in [-0.15, -0.1) is 15.0 Å². The summed E-state index contributed by atoms with van der Waals surface area (Å²) in [6, 6.07) is 16.7. The van der Waals surface area contributed by atoms with Crippen LogP contribution in [-0.4, -0.2) is 32.0 Å². The molecule has 0 bridgehead atoms. The first-order valence-corrected chi connectivity index (χ1v) is 7.66. The summed E-state index contributed by atoms with van der Waals surface area (Å²) >= 11 is 0. The third kappa shape index (κ3) is 4.25. The largest absolute Gasteiger partial charge is 0.363 e. The van der Waals surface area contributed by atoms with Crippen molar-refractivity contribution in [2.75, 3.05) is 5.32 Å². The molecule has 3 rings (SSSR count). The summed E-state index contributed by atoms with van der Waals surface area (Å²) in [6.45, 7) is 0. The molecule has 0 aliphatic carbocycles. The van der Waals surface area contributed by atoms with E-state index in [-0.39, 0.29) is 11.7 Å². The van der Waals surface area contributed by atoms with Crippen LogP contribution in [0.4, 0.5) is 5.69 Å². The Balaban J connectivity index is 1.58. The summed E-state index contributed by atoms with van der Waals surface area (Å²) in [6.07, 6.45) is 1.09. The number of anilines is 1. The molecule has 3 aromatic rings. The van der Waals surface area contributed by atoms with Gasteiger partial charge in [-0.2, -0.15) is 0 Å². The molecule has 25 heavy (non-hydrogen) atoms. The normalized spacial score (nSPS) is 10.4. The smallest absolute Gasteiger partial charge is 0.290 e. The first-order chi connectivity index (χ1) is 12.1. The van der Waals surface area contributed by atoms with E-state index in [9.17, 15) is 9.59 Å². The Hall–Kier alpha value is -3.55. The molecule has 3 N–H and O–H groups in total. The number of rotatable bonds is 6. The summed E-state index contributed by atoms with van der Waals surface area (Å²) in [5.41, 5.74) is 7.47. The molecule has 0 radical (unpaired) electrons. The highest BCUT2D eigenvalue weighted by atomic mass is 16.2. The molecule has 0 saturated heterocycles. The van der Waals surface area contributed by atoms with E-state index in [1.165, 1.54) is 4.80 Å². The third-order valence-corrected chi connectivity index (χ3v) is 3.50. The van der Waals surface area contributed by atoms with E-state index in [1.807, 2.05) is 30.3 Å². The second-order valence-corrected chi connectivity index (χ2v) is 5.35. The maximum absolute atomic E-state index is 12.0. The minimum Gasteiger partial charge on any atom is -0.363 e. The molecule has 0 spiro atoms. The molecule has 2 aromatic carbocycles. The van der Waals surface area contributed by atoms with Crippen molar-refractivity contribution in [3.05, 3.63) is 66.0 Å². The summed E-state index contributed by atoms with van der Waals surface area (Å²) in [4.78, 5) is 24.2. The van der Waals surface area contributed by atoms with Gasteiger partial charge in [0.2, 0.25) is 5.91 Å². The second kappa shape index (κ2) is 7.35. The zero-order chi connectivity index (χ0) is 17.6. The van der Waals surface area contributed by atoms with Crippen molar-refractivity contribution in [1.29, 1.82) is 0 Å². The van der Waals surface area contributed by atoms with Crippen molar-refractivity contribution in [3.8, 4) is 5.69 Å². The average Bonchev–Trinajstić information content (AvgIpc) is 3.12. The lowest BCUT2D eigenvalue weighted by Gasteiger charge is -2.06. The van der Waals surface area contributed by atoms with Crippen LogP contribution in [-0.2, 0) is 11.2 Å². The van der Waals surface area contributed by atoms with Crippen LogP contribution in [0.2, 0.25) is 0 Å². The Morgan fingerprint density at radius 1 is 1.04 bits per heavy atom. The highest BCUT2D eigenvalue weighted by Gasteiger charge is 2.10. The maximum Gasteiger partial charge on any atom is 0.290 e. The maximum atomic E-state index is 12.0. The molecule has 0 atom stereocenters. The van der Waals surface area contributed by atoms with E-state index >= 15 is 0 Å². The lowest BCUT2D eigenvalue weighted by atomic mass is 10.1. The molecule has 8 nitrogen and oxygen atoms in total. The van der Waals surface area contributed by atoms with Gasteiger partial charge < -0.3 is 11.1 Å². The first-order valence-electron chi connectivity index (χ1n) is 7.66. The fourth-order valence-corrected chi connectivity index (χ4v) is 2.23. The highest BCUT2D eigenvalue weighted by Crippen LogP contribution is 2.12. The first kappa shape index (κ1) is 16.3. The molecule has 1 aromatic heterocycles. The molecular formula is C17H16N6O2. The summed E-state index contributed by atoms with van der Waals surface area (Å²) < 4.78 is 0. The second-order valence-electron chi connectivity index (χ2n) is 5.35. The Kier molecular flexibility index (Phi) is 4.79. The van der Waals surface area contributed by atoms with Crippen LogP contribution in [0.3, 0.4) is 0 Å². The minimum absolute atomic E-state index is 0.0634. The number of aryl methyl sites for hydroxylation is 1. The van der Waals surface area contributed by atoms with E-state index in [2.05, 4.69) is 20.7 Å². The Morgan fingerprint density at radius 2 is 1.76 bits per heavy atom. The van der Waals surface area contributed by atoms with Gasteiger partial charge in [0.25, 0.3) is 11.7 Å². The average molecular weight is 336 g/mol. The predicted octanol–water partition coefficient (Wildman–Crippen LogP) is 1.33. The number of primary amides is 1. The van der Waals surface area contributed by atoms with Crippen molar-refractivity contribution in [1.82, 2.24) is 20.2 Å². The molecule has 1 heterocycles. The molecule has 0 fully saturated rings. The third-order valence-electron chi connectivity index (χ3n) is 3.50. The van der Waals surface area contributed by atoms with Gasteiger partial charge >= 0.3 is 0 Å². The number of tetrazole rings is 1. The van der Waals surface area contributed by atoms with Crippen LogP contribution in [0.15, 0.2) is 54.6 Å². The van der Waals surface area contributed by atoms with E-state index in [4.69, 9.17) is 5.73 Å². The molecule has 0 aliphatic rings. The van der Waals surface area contributed by atoms with Gasteiger partial charge in [-0.05, 0) is 41.5 Å². The fourth-order valence-electron chi connectivity index (χ4n) is 2.23. The zero-order valence-corrected chi connectivity index (χ0v) is 13.3. The van der Waals surface area contributed by atoms with Gasteiger partial charge in [0.1, 0.15) is 0 Å². The van der Waals surface area contributed by atoms with Crippen LogP contribution in [0.5, 0.6) is 0 Å². The Labute approximate surface area is 143 Å². The standard InChI is InChI=1S/C17H16N6O2/c18-16(25)17-20-22-23(21-17)14-9-7-13(8-10-14)19-15(24)11-6-12-4-2-1-3-5-12/h1-5,7-10H,6,11H2,(H2,18,25)(H,19,24). The van der Waals surface area contributed by atoms with Crippen molar-refractivity contribution in [2.45, 2.75) is 12.8 Å². The molecule has 126 valence electrons. The molecule has 0 saturated carbocycles. The lowest BCUT2D eigenvalue weighted by molar-refractivity contribution is -0.116. The van der Waals surface area contributed by atoms with Crippen molar-refractivity contribution in [3.63, 3.8) is 0 Å². The van der Waals surface area contributed by atoms with Crippen LogP contribution >= 0.6 is 0 Å². The van der Waals surface area contributed by atoms with Crippen LogP contribution < -0.4 is 11.1 Å². The topological polar surface area (TPSA) is 116 Å². The number of nitrogens with zero attached hydrogens (tertiary/aromatic N) is 4. The van der Waals surface area contributed by atoms with Gasteiger partial charge in [-0.1, -0.05) is 30.3 Å². The van der Waals surface area contributed by atoms with Crippen LogP contribution in [0.25, 0.3) is 5.69 Å². The highest BCUT2D eigenvalue weighted by molar-refractivity contribution is 5.91. The predicted molar refractivity (Wildman–Crippen MR) is 91.1 cm³/mol. The summed E-state index contributed by atoms with van der Waals surface area (Å²) in [5.74, 6) is -0.960. The number of amides is 2. The quantitative estimate of drug-likeness (QED) is 0.704. The number of carbonyl (C=O) groups is 2. The van der Waals surface area contributed by atoms with E-state index < -0.39 is 5.91 Å². The lowest BCUT2D eigenvalue weighted by Crippen LogP contribution is -2.13. The van der Waals surface area contributed by atoms with Gasteiger partial charge in [0.05, 0.1) is 5.69 Å². The number of nitrogens with two attached hydrogens (primary N) is 1. The Morgan fingerprint density at radius 3 is 2.40 bits per heavy atom. The van der Waals surface area contributed by atoms with Gasteiger partial charge in [-0.3, -0.25) is 9.59 Å². The number of carbonyl (C=O) groups excluding carboxylic acids is 2. The molecule has 0 unspecified atom stereocenters. The van der Waals surface area contributed by atoms with E-state index in [1.54, 1.807) is 24.3 Å². The Bertz CT molecular complexity index is 874. The summed E-state index contributed by atoms with van der Waals surface area (Å²) in [5, 5.41) is 14.0. The zero-order valence-electron chi connectivity index (χ0n) is 13.3. The van der Waals surface area contributed by atoms with Crippen LogP contribution in [0, 0.1) is 0 Å². The fraction of sp³-hybridized carbons (Fsp3) is 0.118. The van der Waals surface area contributed by atoms with Crippen molar-refractivity contribution >= 4 is 17.5 Å². The van der Waals surface area contributed by atoms with Crippen molar-refractivity contribution < 1.29 is 9.59 Å². The monoisotopic (exact) mass is 336 g/mol.